The second-order valence-corrected chi connectivity index (χ2v) is 8.32. The molecule has 2 heterocycles. The number of aryl methyl sites for hydroxylation is 1. The van der Waals surface area contributed by atoms with Gasteiger partial charge in [0, 0.05) is 29.0 Å². The molecule has 1 aromatic heterocycles. The van der Waals surface area contributed by atoms with Crippen LogP contribution in [0.2, 0.25) is 0 Å². The summed E-state index contributed by atoms with van der Waals surface area (Å²) < 4.78 is 6.09. The zero-order valence-corrected chi connectivity index (χ0v) is 17.9. The van der Waals surface area contributed by atoms with Gasteiger partial charge in [-0.05, 0) is 43.7 Å². The summed E-state index contributed by atoms with van der Waals surface area (Å²) in [5.74, 6) is 1.00. The maximum absolute atomic E-state index is 9.89. The minimum absolute atomic E-state index is 0.204. The van der Waals surface area contributed by atoms with E-state index >= 15 is 0 Å². The molecule has 0 saturated carbocycles. The van der Waals surface area contributed by atoms with Crippen LogP contribution < -0.4 is 4.74 Å². The number of ether oxygens (including phenoxy) is 1. The normalized spacial score (nSPS) is 19.6. The van der Waals surface area contributed by atoms with Crippen LogP contribution in [0.25, 0.3) is 10.9 Å². The van der Waals surface area contributed by atoms with E-state index in [1.165, 1.54) is 0 Å². The molecule has 5 heteroatoms. The minimum Gasteiger partial charge on any atom is -0.489 e. The van der Waals surface area contributed by atoms with Crippen LogP contribution in [-0.2, 0) is 17.0 Å². The van der Waals surface area contributed by atoms with Crippen molar-refractivity contribution >= 4 is 16.6 Å². The van der Waals surface area contributed by atoms with Crippen molar-refractivity contribution in [2.75, 3.05) is 0 Å². The lowest BCUT2D eigenvalue weighted by Crippen LogP contribution is -2.33. The Bertz CT molecular complexity index is 1070. The molecular weight excluding hydrogens is 376 g/mol. The molecule has 5 nitrogen and oxygen atoms in total. The lowest BCUT2D eigenvalue weighted by atomic mass is 9.79. The summed E-state index contributed by atoms with van der Waals surface area (Å²) >= 11 is 0. The van der Waals surface area contributed by atoms with E-state index in [0.717, 1.165) is 33.5 Å². The quantitative estimate of drug-likeness (QED) is 0.619. The molecule has 30 heavy (non-hydrogen) atoms. The number of fused-ring (bicyclic) bond motifs is 1. The van der Waals surface area contributed by atoms with Gasteiger partial charge in [0.25, 0.3) is 0 Å². The third kappa shape index (κ3) is 3.77. The van der Waals surface area contributed by atoms with Crippen molar-refractivity contribution in [1.29, 1.82) is 0 Å². The van der Waals surface area contributed by atoms with Crippen LogP contribution in [-0.4, -0.2) is 21.9 Å². The molecule has 0 radical (unpaired) electrons. The van der Waals surface area contributed by atoms with E-state index < -0.39 is 11.7 Å². The topological polar surface area (TPSA) is 63.9 Å². The highest BCUT2D eigenvalue weighted by molar-refractivity contribution is 5.90. The van der Waals surface area contributed by atoms with E-state index in [1.807, 2.05) is 49.4 Å². The smallest absolute Gasteiger partial charge is 0.170 e. The van der Waals surface area contributed by atoms with E-state index in [0.29, 0.717) is 18.7 Å². The molecule has 1 N–H and O–H groups in total. The van der Waals surface area contributed by atoms with Gasteiger partial charge in [-0.3, -0.25) is 4.98 Å². The highest BCUT2D eigenvalue weighted by Crippen LogP contribution is 2.42. The van der Waals surface area contributed by atoms with Crippen molar-refractivity contribution in [3.63, 3.8) is 0 Å². The fourth-order valence-corrected chi connectivity index (χ4v) is 4.00. The molecule has 1 aliphatic heterocycles. The molecule has 2 aromatic carbocycles. The monoisotopic (exact) mass is 404 g/mol. The first-order valence-electron chi connectivity index (χ1n) is 10.4. The number of oxime groups is 1. The van der Waals surface area contributed by atoms with Crippen LogP contribution in [0.4, 0.5) is 0 Å². The number of pyridine rings is 1. The van der Waals surface area contributed by atoms with Crippen molar-refractivity contribution in [3.05, 3.63) is 71.4 Å². The van der Waals surface area contributed by atoms with Crippen LogP contribution in [0.5, 0.6) is 5.75 Å². The maximum Gasteiger partial charge on any atom is 0.170 e. The van der Waals surface area contributed by atoms with Gasteiger partial charge in [-0.1, -0.05) is 49.3 Å². The molecule has 0 amide bonds. The standard InChI is InChI=1S/C25H28N2O3/c1-16(2)25(14-24(18(4)28)27-30-25)20-9-11-21(12-10-20)29-15-19-13-17(3)26-23-8-6-5-7-22(19)23/h5-13,16,18,28H,14-15H2,1-4H3. The summed E-state index contributed by atoms with van der Waals surface area (Å²) in [6.07, 6.45) is -0.0166. The minimum atomic E-state index is -0.605. The molecule has 3 aromatic rings. The molecule has 0 fully saturated rings. The Morgan fingerprint density at radius 1 is 1.10 bits per heavy atom. The molecule has 2 atom stereocenters. The van der Waals surface area contributed by atoms with Crippen molar-refractivity contribution in [1.82, 2.24) is 4.98 Å². The Balaban J connectivity index is 1.52. The molecule has 156 valence electrons. The summed E-state index contributed by atoms with van der Waals surface area (Å²) in [7, 11) is 0. The van der Waals surface area contributed by atoms with Gasteiger partial charge in [0.05, 0.1) is 17.3 Å². The highest BCUT2D eigenvalue weighted by atomic mass is 16.7. The van der Waals surface area contributed by atoms with Gasteiger partial charge in [-0.2, -0.15) is 0 Å². The third-order valence-electron chi connectivity index (χ3n) is 5.85. The number of aliphatic hydroxyl groups is 1. The molecule has 2 unspecified atom stereocenters. The number of aromatic nitrogens is 1. The van der Waals surface area contributed by atoms with Crippen LogP contribution in [0.1, 0.15) is 44.0 Å². The number of benzene rings is 2. The highest BCUT2D eigenvalue weighted by Gasteiger charge is 2.44. The summed E-state index contributed by atoms with van der Waals surface area (Å²) in [5, 5.41) is 15.2. The number of rotatable bonds is 6. The van der Waals surface area contributed by atoms with Gasteiger partial charge in [-0.15, -0.1) is 0 Å². The van der Waals surface area contributed by atoms with Gasteiger partial charge < -0.3 is 14.7 Å². The average molecular weight is 405 g/mol. The van der Waals surface area contributed by atoms with Gasteiger partial charge in [0.1, 0.15) is 12.4 Å². The van der Waals surface area contributed by atoms with E-state index in [-0.39, 0.29) is 5.92 Å². The molecule has 0 saturated heterocycles. The predicted octanol–water partition coefficient (Wildman–Crippen LogP) is 5.13. The maximum atomic E-state index is 9.89. The van der Waals surface area contributed by atoms with Crippen molar-refractivity contribution in [2.45, 2.75) is 52.4 Å². The Kier molecular flexibility index (Phi) is 5.48. The van der Waals surface area contributed by atoms with E-state index in [2.05, 4.69) is 36.1 Å². The molecule has 0 bridgehead atoms. The van der Waals surface area contributed by atoms with Crippen molar-refractivity contribution < 1.29 is 14.7 Å². The van der Waals surface area contributed by atoms with E-state index in [1.54, 1.807) is 6.92 Å². The van der Waals surface area contributed by atoms with E-state index in [4.69, 9.17) is 9.57 Å². The van der Waals surface area contributed by atoms with Crippen LogP contribution >= 0.6 is 0 Å². The molecule has 0 spiro atoms. The van der Waals surface area contributed by atoms with Gasteiger partial charge in [0.15, 0.2) is 5.60 Å². The van der Waals surface area contributed by atoms with Crippen molar-refractivity contribution in [3.8, 4) is 5.75 Å². The fourth-order valence-electron chi connectivity index (χ4n) is 4.00. The molecule has 0 aliphatic carbocycles. The average Bonchev–Trinajstić information content (AvgIpc) is 3.19. The first-order valence-corrected chi connectivity index (χ1v) is 10.4. The fraction of sp³-hybridized carbons (Fsp3) is 0.360. The van der Waals surface area contributed by atoms with Gasteiger partial charge in [-0.25, -0.2) is 0 Å². The molecule has 1 aliphatic rings. The second-order valence-electron chi connectivity index (χ2n) is 8.32. The number of aliphatic hydroxyl groups excluding tert-OH is 1. The number of para-hydroxylation sites is 1. The summed E-state index contributed by atoms with van der Waals surface area (Å²) in [5.41, 5.74) is 4.25. The predicted molar refractivity (Wildman–Crippen MR) is 119 cm³/mol. The molecule has 4 rings (SSSR count). The Morgan fingerprint density at radius 2 is 1.83 bits per heavy atom. The van der Waals surface area contributed by atoms with E-state index in [9.17, 15) is 5.11 Å². The lowest BCUT2D eigenvalue weighted by Gasteiger charge is -2.31. The number of hydrogen-bond donors (Lipinski definition) is 1. The number of nitrogens with zero attached hydrogens (tertiary/aromatic N) is 2. The first kappa shape index (κ1) is 20.4. The Labute approximate surface area is 177 Å². The molecular formula is C25H28N2O3. The Morgan fingerprint density at radius 3 is 2.50 bits per heavy atom. The third-order valence-corrected chi connectivity index (χ3v) is 5.85. The van der Waals surface area contributed by atoms with Crippen LogP contribution in [0.15, 0.2) is 59.8 Å². The van der Waals surface area contributed by atoms with Crippen molar-refractivity contribution in [2.24, 2.45) is 11.1 Å². The second kappa shape index (κ2) is 8.07. The van der Waals surface area contributed by atoms with Crippen LogP contribution in [0, 0.1) is 12.8 Å². The van der Waals surface area contributed by atoms with Gasteiger partial charge in [0.2, 0.25) is 0 Å². The number of hydrogen-bond acceptors (Lipinski definition) is 5. The summed E-state index contributed by atoms with van der Waals surface area (Å²) in [6, 6.07) is 18.2. The lowest BCUT2D eigenvalue weighted by molar-refractivity contribution is -0.0593. The largest absolute Gasteiger partial charge is 0.489 e. The zero-order valence-electron chi connectivity index (χ0n) is 17.9. The summed E-state index contributed by atoms with van der Waals surface area (Å²) in [4.78, 5) is 10.5. The zero-order chi connectivity index (χ0) is 21.3. The first-order chi connectivity index (χ1) is 14.4. The SMILES string of the molecule is Cc1cc(COc2ccc(C3(C(C)C)CC(C(C)O)=NO3)cc2)c2ccccc2n1. The summed E-state index contributed by atoms with van der Waals surface area (Å²) in [6.45, 7) is 8.43. The van der Waals surface area contributed by atoms with Gasteiger partial charge >= 0.3 is 0 Å². The van der Waals surface area contributed by atoms with Crippen LogP contribution in [0.3, 0.4) is 0 Å². The Hall–Kier alpha value is -2.92.